The summed E-state index contributed by atoms with van der Waals surface area (Å²) in [4.78, 5) is 13.5. The van der Waals surface area contributed by atoms with Crippen molar-refractivity contribution in [2.75, 3.05) is 25.3 Å². The van der Waals surface area contributed by atoms with Crippen LogP contribution < -0.4 is 20.5 Å². The molecule has 4 aromatic rings. The number of ether oxygens (including phenoxy) is 2. The molecule has 0 aliphatic heterocycles. The van der Waals surface area contributed by atoms with Gasteiger partial charge in [0.05, 0.1) is 25.4 Å². The maximum atomic E-state index is 5.89. The van der Waals surface area contributed by atoms with E-state index in [1.807, 2.05) is 60.7 Å². The van der Waals surface area contributed by atoms with E-state index in [9.17, 15) is 0 Å². The molecule has 0 radical (unpaired) electrons. The first kappa shape index (κ1) is 18.5. The molecule has 2 aromatic carbocycles. The van der Waals surface area contributed by atoms with Crippen LogP contribution in [0.5, 0.6) is 11.5 Å². The largest absolute Gasteiger partial charge is 0.493 e. The van der Waals surface area contributed by atoms with E-state index in [1.165, 1.54) is 0 Å². The predicted molar refractivity (Wildman–Crippen MR) is 114 cm³/mol. The van der Waals surface area contributed by atoms with Crippen LogP contribution in [-0.4, -0.2) is 29.2 Å². The zero-order chi connectivity index (χ0) is 20.2. The number of hydrogen-bond donors (Lipinski definition) is 2. The molecule has 4 rings (SSSR count). The first-order valence-corrected chi connectivity index (χ1v) is 9.12. The Bertz CT molecular complexity index is 1150. The van der Waals surface area contributed by atoms with Gasteiger partial charge >= 0.3 is 0 Å². The number of nitrogen functional groups attached to an aromatic ring is 1. The van der Waals surface area contributed by atoms with E-state index in [-0.39, 0.29) is 5.95 Å². The number of nitrogens with two attached hydrogens (primary N) is 1. The lowest BCUT2D eigenvalue weighted by atomic mass is 10.1. The molecule has 29 heavy (non-hydrogen) atoms. The summed E-state index contributed by atoms with van der Waals surface area (Å²) in [5.41, 5.74) is 10.0. The zero-order valence-corrected chi connectivity index (χ0v) is 16.2. The number of methoxy groups -OCH3 is 2. The smallest absolute Gasteiger partial charge is 0.222 e. The minimum Gasteiger partial charge on any atom is -0.493 e. The van der Waals surface area contributed by atoms with E-state index in [0.717, 1.165) is 16.8 Å². The molecule has 0 amide bonds. The van der Waals surface area contributed by atoms with Gasteiger partial charge in [0.2, 0.25) is 5.95 Å². The van der Waals surface area contributed by atoms with Crippen molar-refractivity contribution in [1.29, 1.82) is 0 Å². The first-order chi connectivity index (χ1) is 14.2. The Balaban J connectivity index is 1.73. The summed E-state index contributed by atoms with van der Waals surface area (Å²) in [6, 6.07) is 19.5. The molecule has 0 saturated carbocycles. The molecule has 3 N–H and O–H groups in total. The van der Waals surface area contributed by atoms with E-state index >= 15 is 0 Å². The molecular weight excluding hydrogens is 366 g/mol. The number of anilines is 2. The topological polar surface area (TPSA) is 95.2 Å². The molecule has 146 valence electrons. The number of hydrogen-bond acceptors (Lipinski definition) is 7. The summed E-state index contributed by atoms with van der Waals surface area (Å²) in [5, 5.41) is 3.33. The fraction of sp³-hybridized carbons (Fsp3) is 0.136. The van der Waals surface area contributed by atoms with Crippen molar-refractivity contribution in [2.24, 2.45) is 0 Å². The van der Waals surface area contributed by atoms with Crippen LogP contribution in [0.4, 0.5) is 11.8 Å². The second-order valence-electron chi connectivity index (χ2n) is 6.40. The number of aromatic nitrogens is 3. The lowest BCUT2D eigenvalue weighted by molar-refractivity contribution is 0.355. The molecule has 0 saturated heterocycles. The second-order valence-corrected chi connectivity index (χ2v) is 6.40. The van der Waals surface area contributed by atoms with Crippen molar-refractivity contribution in [2.45, 2.75) is 6.54 Å². The summed E-state index contributed by atoms with van der Waals surface area (Å²) < 4.78 is 10.7. The van der Waals surface area contributed by atoms with Crippen LogP contribution in [-0.2, 0) is 6.54 Å². The summed E-state index contributed by atoms with van der Waals surface area (Å²) >= 11 is 0. The highest BCUT2D eigenvalue weighted by Crippen LogP contribution is 2.32. The highest BCUT2D eigenvalue weighted by Gasteiger charge is 2.12. The molecule has 0 unspecified atom stereocenters. The Labute approximate surface area is 168 Å². The van der Waals surface area contributed by atoms with Gasteiger partial charge < -0.3 is 20.5 Å². The number of rotatable bonds is 6. The van der Waals surface area contributed by atoms with Crippen LogP contribution in [0, 0.1) is 0 Å². The normalized spacial score (nSPS) is 10.7. The number of nitrogens with one attached hydrogen (secondary N) is 1. The summed E-state index contributed by atoms with van der Waals surface area (Å²) in [7, 11) is 3.22. The molecular formula is C22H21N5O2. The number of benzene rings is 2. The SMILES string of the molecule is COc1ccc(-c2ccc3nc(N)nc(NCc4ccccc4)c3n2)cc1OC. The van der Waals surface area contributed by atoms with Crippen LogP contribution in [0.3, 0.4) is 0 Å². The molecule has 0 aliphatic carbocycles. The van der Waals surface area contributed by atoms with Gasteiger partial charge in [-0.05, 0) is 35.9 Å². The maximum absolute atomic E-state index is 5.89. The van der Waals surface area contributed by atoms with E-state index < -0.39 is 0 Å². The van der Waals surface area contributed by atoms with E-state index in [1.54, 1.807) is 14.2 Å². The third kappa shape index (κ3) is 3.89. The zero-order valence-electron chi connectivity index (χ0n) is 16.2. The molecule has 0 bridgehead atoms. The van der Waals surface area contributed by atoms with E-state index in [2.05, 4.69) is 15.3 Å². The molecule has 7 nitrogen and oxygen atoms in total. The van der Waals surface area contributed by atoms with Crippen molar-refractivity contribution in [3.05, 3.63) is 66.2 Å². The van der Waals surface area contributed by atoms with Gasteiger partial charge in [0.25, 0.3) is 0 Å². The van der Waals surface area contributed by atoms with E-state index in [0.29, 0.717) is 34.9 Å². The van der Waals surface area contributed by atoms with Crippen molar-refractivity contribution < 1.29 is 9.47 Å². The highest BCUT2D eigenvalue weighted by atomic mass is 16.5. The first-order valence-electron chi connectivity index (χ1n) is 9.12. The Morgan fingerprint density at radius 2 is 1.66 bits per heavy atom. The summed E-state index contributed by atoms with van der Waals surface area (Å²) in [5.74, 6) is 2.11. The average Bonchev–Trinajstić information content (AvgIpc) is 2.77. The van der Waals surface area contributed by atoms with Gasteiger partial charge in [0.15, 0.2) is 17.3 Å². The predicted octanol–water partition coefficient (Wildman–Crippen LogP) is 3.90. The van der Waals surface area contributed by atoms with Crippen molar-refractivity contribution in [1.82, 2.24) is 15.0 Å². The lowest BCUT2D eigenvalue weighted by Crippen LogP contribution is -2.06. The second kappa shape index (κ2) is 8.02. The van der Waals surface area contributed by atoms with Gasteiger partial charge in [-0.1, -0.05) is 30.3 Å². The van der Waals surface area contributed by atoms with Crippen LogP contribution in [0.25, 0.3) is 22.3 Å². The van der Waals surface area contributed by atoms with Crippen molar-refractivity contribution >= 4 is 22.8 Å². The summed E-state index contributed by atoms with van der Waals surface area (Å²) in [6.07, 6.45) is 0. The van der Waals surface area contributed by atoms with Gasteiger partial charge in [0, 0.05) is 12.1 Å². The van der Waals surface area contributed by atoms with Gasteiger partial charge in [0.1, 0.15) is 5.52 Å². The van der Waals surface area contributed by atoms with Crippen molar-refractivity contribution in [3.8, 4) is 22.8 Å². The Morgan fingerprint density at radius 1 is 0.862 bits per heavy atom. The fourth-order valence-electron chi connectivity index (χ4n) is 3.09. The lowest BCUT2D eigenvalue weighted by Gasteiger charge is -2.12. The molecule has 2 aromatic heterocycles. The molecule has 0 aliphatic rings. The standard InChI is InChI=1S/C22H21N5O2/c1-28-18-11-8-15(12-19(18)29-2)16-9-10-17-20(25-16)21(27-22(23)26-17)24-13-14-6-4-3-5-7-14/h3-12H,13H2,1-2H3,(H3,23,24,26,27). The molecule has 0 fully saturated rings. The Kier molecular flexibility index (Phi) is 5.11. The average molecular weight is 387 g/mol. The number of pyridine rings is 1. The fourth-order valence-corrected chi connectivity index (χ4v) is 3.09. The van der Waals surface area contributed by atoms with Gasteiger partial charge in [-0.2, -0.15) is 4.98 Å². The quantitative estimate of drug-likeness (QED) is 0.518. The van der Waals surface area contributed by atoms with Gasteiger partial charge in [-0.25, -0.2) is 9.97 Å². The number of nitrogens with zero attached hydrogens (tertiary/aromatic N) is 3. The van der Waals surface area contributed by atoms with Crippen molar-refractivity contribution in [3.63, 3.8) is 0 Å². The molecule has 7 heteroatoms. The summed E-state index contributed by atoms with van der Waals surface area (Å²) in [6.45, 7) is 0.606. The Morgan fingerprint density at radius 3 is 2.41 bits per heavy atom. The molecule has 0 spiro atoms. The van der Waals surface area contributed by atoms with Crippen LogP contribution in [0.2, 0.25) is 0 Å². The maximum Gasteiger partial charge on any atom is 0.222 e. The Hall–Kier alpha value is -3.87. The highest BCUT2D eigenvalue weighted by molar-refractivity contribution is 5.88. The third-order valence-corrected chi connectivity index (χ3v) is 4.54. The van der Waals surface area contributed by atoms with Crippen LogP contribution in [0.15, 0.2) is 60.7 Å². The van der Waals surface area contributed by atoms with Gasteiger partial charge in [-0.3, -0.25) is 0 Å². The third-order valence-electron chi connectivity index (χ3n) is 4.54. The van der Waals surface area contributed by atoms with Crippen LogP contribution >= 0.6 is 0 Å². The minimum absolute atomic E-state index is 0.203. The number of fused-ring (bicyclic) bond motifs is 1. The van der Waals surface area contributed by atoms with Crippen LogP contribution in [0.1, 0.15) is 5.56 Å². The van der Waals surface area contributed by atoms with Gasteiger partial charge in [-0.15, -0.1) is 0 Å². The monoisotopic (exact) mass is 387 g/mol. The molecule has 0 atom stereocenters. The minimum atomic E-state index is 0.203. The van der Waals surface area contributed by atoms with E-state index in [4.69, 9.17) is 20.2 Å². The molecule has 2 heterocycles.